The summed E-state index contributed by atoms with van der Waals surface area (Å²) in [6.45, 7) is 4.18. The van der Waals surface area contributed by atoms with Crippen molar-refractivity contribution in [2.45, 2.75) is 32.5 Å². The van der Waals surface area contributed by atoms with Crippen molar-refractivity contribution >= 4 is 17.7 Å². The summed E-state index contributed by atoms with van der Waals surface area (Å²) in [5.41, 5.74) is 2.59. The fraction of sp³-hybridized carbons (Fsp3) is 0.286. The number of nitrogens with zero attached hydrogens (tertiary/aromatic N) is 1. The van der Waals surface area contributed by atoms with Crippen molar-refractivity contribution < 1.29 is 9.53 Å². The van der Waals surface area contributed by atoms with E-state index in [0.29, 0.717) is 0 Å². The Morgan fingerprint density at radius 1 is 1.20 bits per heavy atom. The van der Waals surface area contributed by atoms with E-state index >= 15 is 0 Å². The highest BCUT2D eigenvalue weighted by Crippen LogP contribution is 2.28. The van der Waals surface area contributed by atoms with Crippen molar-refractivity contribution in [3.63, 3.8) is 0 Å². The van der Waals surface area contributed by atoms with E-state index in [-0.39, 0.29) is 18.1 Å². The number of ether oxygens (including phenoxy) is 1. The van der Waals surface area contributed by atoms with Crippen LogP contribution >= 0.6 is 0 Å². The third kappa shape index (κ3) is 3.38. The molecule has 0 saturated carbocycles. The molecule has 0 radical (unpaired) electrons. The van der Waals surface area contributed by atoms with E-state index in [1.165, 1.54) is 0 Å². The first-order valence-corrected chi connectivity index (χ1v) is 8.65. The number of anilines is 1. The predicted octanol–water partition coefficient (Wildman–Crippen LogP) is 4.40. The monoisotopic (exact) mass is 336 g/mol. The van der Waals surface area contributed by atoms with Gasteiger partial charge in [0, 0.05) is 17.3 Å². The number of amides is 1. The highest BCUT2D eigenvalue weighted by atomic mass is 16.5. The quantitative estimate of drug-likeness (QED) is 0.880. The number of carbonyl (C=O) groups is 1. The lowest BCUT2D eigenvalue weighted by molar-refractivity contribution is 0.0639. The molecule has 0 spiro atoms. The van der Waals surface area contributed by atoms with Crippen LogP contribution in [0.1, 0.15) is 36.2 Å². The van der Waals surface area contributed by atoms with E-state index in [1.807, 2.05) is 65.6 Å². The normalized spacial score (nSPS) is 18.0. The minimum Gasteiger partial charge on any atom is -0.496 e. The third-order valence-corrected chi connectivity index (χ3v) is 4.66. The maximum absolute atomic E-state index is 13.0. The van der Waals surface area contributed by atoms with Crippen LogP contribution in [0, 0.1) is 0 Å². The predicted molar refractivity (Wildman–Crippen MR) is 102 cm³/mol. The smallest absolute Gasteiger partial charge is 0.258 e. The van der Waals surface area contributed by atoms with Gasteiger partial charge in [0.05, 0.1) is 12.7 Å². The molecule has 4 heteroatoms. The van der Waals surface area contributed by atoms with E-state index in [4.69, 9.17) is 4.74 Å². The number of methoxy groups -OCH3 is 1. The van der Waals surface area contributed by atoms with Gasteiger partial charge in [0.25, 0.3) is 5.91 Å². The van der Waals surface area contributed by atoms with Crippen molar-refractivity contribution in [1.82, 2.24) is 4.90 Å². The molecule has 1 aliphatic rings. The molecule has 0 aromatic heterocycles. The average Bonchev–Trinajstić information content (AvgIpc) is 2.66. The number of rotatable bonds is 5. The van der Waals surface area contributed by atoms with Gasteiger partial charge in [-0.1, -0.05) is 43.3 Å². The maximum atomic E-state index is 13.0. The Kier molecular flexibility index (Phi) is 5.08. The second kappa shape index (κ2) is 7.43. The molecular formula is C21H24N2O2. The molecule has 0 unspecified atom stereocenters. The summed E-state index contributed by atoms with van der Waals surface area (Å²) < 4.78 is 5.41. The molecule has 1 aliphatic heterocycles. The topological polar surface area (TPSA) is 41.6 Å². The van der Waals surface area contributed by atoms with E-state index in [2.05, 4.69) is 19.2 Å². The van der Waals surface area contributed by atoms with E-state index in [1.54, 1.807) is 7.11 Å². The summed E-state index contributed by atoms with van der Waals surface area (Å²) in [5.74, 6) is 0.884. The molecule has 0 fully saturated rings. The molecule has 0 aliphatic carbocycles. The Labute approximate surface area is 149 Å². The van der Waals surface area contributed by atoms with Crippen LogP contribution in [0.3, 0.4) is 0 Å². The number of nitrogens with one attached hydrogen (secondary N) is 1. The van der Waals surface area contributed by atoms with Crippen molar-refractivity contribution in [3.8, 4) is 5.75 Å². The van der Waals surface area contributed by atoms with Crippen LogP contribution in [0.15, 0.2) is 54.6 Å². The van der Waals surface area contributed by atoms with Crippen LogP contribution in [0.25, 0.3) is 6.08 Å². The van der Waals surface area contributed by atoms with Crippen LogP contribution in [0.4, 0.5) is 5.69 Å². The molecule has 2 atom stereocenters. The SMILES string of the molecule is CC[C@H](C)N1C(=O)c2ccccc2N[C@@H]1/C=C/c1ccccc1OC. The van der Waals surface area contributed by atoms with Crippen molar-refractivity contribution in [3.05, 3.63) is 65.7 Å². The Bertz CT molecular complexity index is 785. The molecule has 4 nitrogen and oxygen atoms in total. The lowest BCUT2D eigenvalue weighted by atomic mass is 10.0. The van der Waals surface area contributed by atoms with Crippen molar-refractivity contribution in [1.29, 1.82) is 0 Å². The number of hydrogen-bond donors (Lipinski definition) is 1. The van der Waals surface area contributed by atoms with Gasteiger partial charge in [0.2, 0.25) is 0 Å². The first kappa shape index (κ1) is 17.1. The number of benzene rings is 2. The van der Waals surface area contributed by atoms with E-state index < -0.39 is 0 Å². The van der Waals surface area contributed by atoms with Crippen LogP contribution < -0.4 is 10.1 Å². The number of para-hydroxylation sites is 2. The summed E-state index contributed by atoms with van der Waals surface area (Å²) in [6.07, 6.45) is 4.74. The Hall–Kier alpha value is -2.75. The Morgan fingerprint density at radius 2 is 1.92 bits per heavy atom. The Balaban J connectivity index is 1.95. The summed E-state index contributed by atoms with van der Waals surface area (Å²) in [7, 11) is 1.66. The van der Waals surface area contributed by atoms with Gasteiger partial charge < -0.3 is 15.0 Å². The second-order valence-electron chi connectivity index (χ2n) is 6.21. The molecule has 3 rings (SSSR count). The fourth-order valence-electron chi connectivity index (χ4n) is 3.10. The standard InChI is InChI=1S/C21H24N2O2/c1-4-15(2)23-20(14-13-16-9-5-8-12-19(16)25-3)22-18-11-7-6-10-17(18)21(23)24/h5-15,20,22H,4H2,1-3H3/b14-13+/t15-,20-/m0/s1. The van der Waals surface area contributed by atoms with Crippen LogP contribution in [-0.2, 0) is 0 Å². The highest BCUT2D eigenvalue weighted by molar-refractivity contribution is 6.02. The van der Waals surface area contributed by atoms with Gasteiger partial charge in [-0.2, -0.15) is 0 Å². The molecule has 0 saturated heterocycles. The summed E-state index contributed by atoms with van der Waals surface area (Å²) >= 11 is 0. The zero-order valence-electron chi connectivity index (χ0n) is 14.9. The van der Waals surface area contributed by atoms with Crippen LogP contribution in [0.2, 0.25) is 0 Å². The lowest BCUT2D eigenvalue weighted by Gasteiger charge is -2.40. The van der Waals surface area contributed by atoms with Gasteiger partial charge in [0.1, 0.15) is 11.9 Å². The second-order valence-corrected chi connectivity index (χ2v) is 6.21. The van der Waals surface area contributed by atoms with E-state index in [0.717, 1.165) is 29.0 Å². The molecule has 0 bridgehead atoms. The molecule has 25 heavy (non-hydrogen) atoms. The molecule has 1 N–H and O–H groups in total. The summed E-state index contributed by atoms with van der Waals surface area (Å²) in [5, 5.41) is 3.48. The van der Waals surface area contributed by atoms with Crippen LogP contribution in [0.5, 0.6) is 5.75 Å². The average molecular weight is 336 g/mol. The van der Waals surface area contributed by atoms with Gasteiger partial charge in [-0.25, -0.2) is 0 Å². The summed E-state index contributed by atoms with van der Waals surface area (Å²) in [6, 6.07) is 15.7. The van der Waals surface area contributed by atoms with Gasteiger partial charge in [-0.05, 0) is 37.6 Å². The molecule has 2 aromatic rings. The van der Waals surface area contributed by atoms with Gasteiger partial charge in [0.15, 0.2) is 0 Å². The number of hydrogen-bond acceptors (Lipinski definition) is 3. The molecule has 1 heterocycles. The first-order chi connectivity index (χ1) is 12.2. The first-order valence-electron chi connectivity index (χ1n) is 8.65. The van der Waals surface area contributed by atoms with Crippen molar-refractivity contribution in [2.75, 3.05) is 12.4 Å². The van der Waals surface area contributed by atoms with Gasteiger partial charge in [-0.3, -0.25) is 4.79 Å². The van der Waals surface area contributed by atoms with Gasteiger partial charge in [-0.15, -0.1) is 0 Å². The minimum atomic E-state index is -0.192. The zero-order chi connectivity index (χ0) is 17.8. The van der Waals surface area contributed by atoms with Crippen LogP contribution in [-0.4, -0.2) is 30.1 Å². The zero-order valence-corrected chi connectivity index (χ0v) is 14.9. The minimum absolute atomic E-state index is 0.0679. The molecular weight excluding hydrogens is 312 g/mol. The molecule has 130 valence electrons. The Morgan fingerprint density at radius 3 is 2.68 bits per heavy atom. The highest BCUT2D eigenvalue weighted by Gasteiger charge is 2.32. The third-order valence-electron chi connectivity index (χ3n) is 4.66. The van der Waals surface area contributed by atoms with E-state index in [9.17, 15) is 4.79 Å². The molecule has 2 aromatic carbocycles. The lowest BCUT2D eigenvalue weighted by Crippen LogP contribution is -2.51. The maximum Gasteiger partial charge on any atom is 0.258 e. The fourth-order valence-corrected chi connectivity index (χ4v) is 3.10. The number of fused-ring (bicyclic) bond motifs is 1. The van der Waals surface area contributed by atoms with Crippen molar-refractivity contribution in [2.24, 2.45) is 0 Å². The molecule has 1 amide bonds. The van der Waals surface area contributed by atoms with Gasteiger partial charge >= 0.3 is 0 Å². The summed E-state index contributed by atoms with van der Waals surface area (Å²) in [4.78, 5) is 14.9. The largest absolute Gasteiger partial charge is 0.496 e. The number of carbonyl (C=O) groups excluding carboxylic acids is 1.